The molecule has 0 radical (unpaired) electrons. The average molecular weight is 186 g/mol. The van der Waals surface area contributed by atoms with Crippen molar-refractivity contribution in [3.8, 4) is 0 Å². The van der Waals surface area contributed by atoms with Crippen molar-refractivity contribution in [2.75, 3.05) is 6.61 Å². The van der Waals surface area contributed by atoms with Gasteiger partial charge in [0, 0.05) is 18.9 Å². The molecule has 0 aromatic rings. The number of unbranched alkanes of at least 4 members (excludes halogenated alkanes) is 3. The van der Waals surface area contributed by atoms with Gasteiger partial charge in [-0.1, -0.05) is 26.7 Å². The maximum absolute atomic E-state index is 11.4. The summed E-state index contributed by atoms with van der Waals surface area (Å²) in [6.07, 6.45) is 5.66. The summed E-state index contributed by atoms with van der Waals surface area (Å²) in [4.78, 5) is 11.4. The van der Waals surface area contributed by atoms with E-state index in [0.29, 0.717) is 5.78 Å². The molecule has 0 aromatic carbocycles. The van der Waals surface area contributed by atoms with E-state index in [9.17, 15) is 4.79 Å². The summed E-state index contributed by atoms with van der Waals surface area (Å²) in [7, 11) is 0. The molecule has 13 heavy (non-hydrogen) atoms. The fourth-order valence-electron chi connectivity index (χ4n) is 1.24. The number of carbonyl (C=O) groups is 1. The van der Waals surface area contributed by atoms with Crippen LogP contribution in [-0.2, 0) is 4.79 Å². The van der Waals surface area contributed by atoms with Crippen LogP contribution < -0.4 is 0 Å². The Morgan fingerprint density at radius 3 is 2.38 bits per heavy atom. The van der Waals surface area contributed by atoms with Gasteiger partial charge in [0.15, 0.2) is 0 Å². The Bertz CT molecular complexity index is 132. The number of carbonyl (C=O) groups excluding carboxylic acids is 1. The molecule has 0 saturated carbocycles. The van der Waals surface area contributed by atoms with Gasteiger partial charge in [0.25, 0.3) is 0 Å². The molecule has 0 amide bonds. The van der Waals surface area contributed by atoms with E-state index in [4.69, 9.17) is 5.11 Å². The molecule has 0 spiro atoms. The van der Waals surface area contributed by atoms with Gasteiger partial charge in [0.05, 0.1) is 0 Å². The molecule has 1 atom stereocenters. The second-order valence-electron chi connectivity index (χ2n) is 3.66. The predicted molar refractivity (Wildman–Crippen MR) is 54.6 cm³/mol. The summed E-state index contributed by atoms with van der Waals surface area (Å²) in [6, 6.07) is 0. The van der Waals surface area contributed by atoms with Crippen LogP contribution in [0.5, 0.6) is 0 Å². The van der Waals surface area contributed by atoms with Crippen LogP contribution in [0.2, 0.25) is 0 Å². The van der Waals surface area contributed by atoms with Gasteiger partial charge in [-0.3, -0.25) is 4.79 Å². The van der Waals surface area contributed by atoms with E-state index in [1.165, 1.54) is 0 Å². The number of aliphatic hydroxyl groups is 1. The number of aliphatic hydroxyl groups excluding tert-OH is 1. The number of rotatable bonds is 8. The van der Waals surface area contributed by atoms with Crippen molar-refractivity contribution >= 4 is 5.78 Å². The predicted octanol–water partition coefficient (Wildman–Crippen LogP) is 2.54. The molecule has 0 fully saturated rings. The summed E-state index contributed by atoms with van der Waals surface area (Å²) in [6.45, 7) is 4.32. The van der Waals surface area contributed by atoms with Crippen molar-refractivity contribution in [1.82, 2.24) is 0 Å². The Balaban J connectivity index is 3.27. The van der Waals surface area contributed by atoms with E-state index < -0.39 is 0 Å². The van der Waals surface area contributed by atoms with Crippen LogP contribution in [0.1, 0.15) is 52.4 Å². The molecule has 0 rings (SSSR count). The van der Waals surface area contributed by atoms with Gasteiger partial charge in [-0.2, -0.15) is 0 Å². The van der Waals surface area contributed by atoms with E-state index in [-0.39, 0.29) is 12.5 Å². The van der Waals surface area contributed by atoms with Gasteiger partial charge >= 0.3 is 0 Å². The number of hydrogen-bond donors (Lipinski definition) is 1. The summed E-state index contributed by atoms with van der Waals surface area (Å²) in [5.74, 6) is 0.629. The smallest absolute Gasteiger partial charge is 0.135 e. The van der Waals surface area contributed by atoms with Gasteiger partial charge in [-0.25, -0.2) is 0 Å². The third kappa shape index (κ3) is 6.76. The largest absolute Gasteiger partial charge is 0.396 e. The minimum absolute atomic E-state index is 0.234. The van der Waals surface area contributed by atoms with E-state index in [1.807, 2.05) is 13.8 Å². The number of ketones is 1. The topological polar surface area (TPSA) is 37.3 Å². The molecule has 0 aromatic heterocycles. The molecule has 1 unspecified atom stereocenters. The van der Waals surface area contributed by atoms with Crippen molar-refractivity contribution in [2.45, 2.75) is 52.4 Å². The highest BCUT2D eigenvalue weighted by Crippen LogP contribution is 2.10. The van der Waals surface area contributed by atoms with Crippen LogP contribution in [0.25, 0.3) is 0 Å². The van der Waals surface area contributed by atoms with Crippen LogP contribution in [0.15, 0.2) is 0 Å². The Labute approximate surface area is 81.3 Å². The highest BCUT2D eigenvalue weighted by Gasteiger charge is 2.08. The fourth-order valence-corrected chi connectivity index (χ4v) is 1.24. The lowest BCUT2D eigenvalue weighted by Gasteiger charge is -2.06. The first kappa shape index (κ1) is 12.6. The molecule has 78 valence electrons. The first-order valence-electron chi connectivity index (χ1n) is 5.36. The second-order valence-corrected chi connectivity index (χ2v) is 3.66. The maximum Gasteiger partial charge on any atom is 0.135 e. The van der Waals surface area contributed by atoms with Crippen LogP contribution in [0.3, 0.4) is 0 Å². The summed E-state index contributed by atoms with van der Waals surface area (Å²) in [5.41, 5.74) is 0. The molecule has 0 saturated heterocycles. The van der Waals surface area contributed by atoms with Gasteiger partial charge in [-0.15, -0.1) is 0 Å². The number of Topliss-reactive ketones (excluding diaryl/α,β-unsaturated/α-hetero) is 1. The molecular weight excluding hydrogens is 164 g/mol. The maximum atomic E-state index is 11.4. The lowest BCUT2D eigenvalue weighted by atomic mass is 9.98. The second kappa shape index (κ2) is 8.24. The van der Waals surface area contributed by atoms with Crippen LogP contribution in [-0.4, -0.2) is 17.5 Å². The molecule has 2 heteroatoms. The molecule has 0 aliphatic rings. The zero-order valence-corrected chi connectivity index (χ0v) is 8.88. The third-order valence-electron chi connectivity index (χ3n) is 2.49. The average Bonchev–Trinajstić information content (AvgIpc) is 2.16. The third-order valence-corrected chi connectivity index (χ3v) is 2.49. The Morgan fingerprint density at radius 2 is 1.85 bits per heavy atom. The van der Waals surface area contributed by atoms with E-state index in [1.54, 1.807) is 0 Å². The molecular formula is C11H22O2. The molecule has 1 N–H and O–H groups in total. The lowest BCUT2D eigenvalue weighted by molar-refractivity contribution is -0.122. The van der Waals surface area contributed by atoms with Gasteiger partial charge in [-0.05, 0) is 19.3 Å². The first-order chi connectivity index (χ1) is 6.22. The zero-order valence-electron chi connectivity index (χ0n) is 8.88. The van der Waals surface area contributed by atoms with Gasteiger partial charge < -0.3 is 5.11 Å². The highest BCUT2D eigenvalue weighted by molar-refractivity contribution is 5.80. The normalized spacial score (nSPS) is 12.8. The molecule has 0 heterocycles. The van der Waals surface area contributed by atoms with Crippen LogP contribution in [0, 0.1) is 5.92 Å². The quantitative estimate of drug-likeness (QED) is 0.591. The summed E-state index contributed by atoms with van der Waals surface area (Å²) < 4.78 is 0. The first-order valence-corrected chi connectivity index (χ1v) is 5.36. The monoisotopic (exact) mass is 186 g/mol. The van der Waals surface area contributed by atoms with Crippen molar-refractivity contribution in [3.05, 3.63) is 0 Å². The standard InChI is InChI=1S/C11H22O2/c1-3-10(2)11(13)8-6-4-5-7-9-12/h10,12H,3-9H2,1-2H3. The molecule has 0 bridgehead atoms. The van der Waals surface area contributed by atoms with Crippen molar-refractivity contribution < 1.29 is 9.90 Å². The van der Waals surface area contributed by atoms with E-state index >= 15 is 0 Å². The van der Waals surface area contributed by atoms with E-state index in [2.05, 4.69) is 0 Å². The summed E-state index contributed by atoms with van der Waals surface area (Å²) >= 11 is 0. The van der Waals surface area contributed by atoms with E-state index in [0.717, 1.165) is 38.5 Å². The molecule has 0 aliphatic heterocycles. The Morgan fingerprint density at radius 1 is 1.23 bits per heavy atom. The SMILES string of the molecule is CCC(C)C(=O)CCCCCCO. The van der Waals surface area contributed by atoms with Crippen LogP contribution in [0.4, 0.5) is 0 Å². The van der Waals surface area contributed by atoms with Crippen molar-refractivity contribution in [1.29, 1.82) is 0 Å². The molecule has 0 aliphatic carbocycles. The minimum Gasteiger partial charge on any atom is -0.396 e. The summed E-state index contributed by atoms with van der Waals surface area (Å²) in [5, 5.41) is 8.53. The Hall–Kier alpha value is -0.370. The lowest BCUT2D eigenvalue weighted by Crippen LogP contribution is -2.09. The van der Waals surface area contributed by atoms with Gasteiger partial charge in [0.2, 0.25) is 0 Å². The van der Waals surface area contributed by atoms with Crippen LogP contribution >= 0.6 is 0 Å². The molecule has 2 nitrogen and oxygen atoms in total. The zero-order chi connectivity index (χ0) is 10.1. The fraction of sp³-hybridized carbons (Fsp3) is 0.909. The minimum atomic E-state index is 0.234. The highest BCUT2D eigenvalue weighted by atomic mass is 16.2. The van der Waals surface area contributed by atoms with Gasteiger partial charge in [0.1, 0.15) is 5.78 Å². The Kier molecular flexibility index (Phi) is 8.00. The van der Waals surface area contributed by atoms with Crippen molar-refractivity contribution in [2.24, 2.45) is 5.92 Å². The number of hydrogen-bond acceptors (Lipinski definition) is 2. The van der Waals surface area contributed by atoms with Crippen molar-refractivity contribution in [3.63, 3.8) is 0 Å².